The number of carbonyl (C=O) groups is 2. The topological polar surface area (TPSA) is 46.6 Å². The number of amides is 2. The van der Waals surface area contributed by atoms with Crippen LogP contribution >= 0.6 is 0 Å². The zero-order valence-corrected chi connectivity index (χ0v) is 7.37. The first-order valence-corrected chi connectivity index (χ1v) is 3.89. The zero-order chi connectivity index (χ0) is 9.56. The Labute approximate surface area is 71.8 Å². The third kappa shape index (κ3) is 2.38. The molecule has 0 bridgehead atoms. The van der Waals surface area contributed by atoms with Gasteiger partial charge in [0.15, 0.2) is 0 Å². The van der Waals surface area contributed by atoms with Crippen LogP contribution in [0, 0.1) is 0 Å². The SMILES string of the molecule is C=CON1C(=O)CCC1=O.CC. The van der Waals surface area contributed by atoms with Crippen molar-refractivity contribution in [2.24, 2.45) is 0 Å². The molecule has 0 saturated carbocycles. The lowest BCUT2D eigenvalue weighted by atomic mass is 10.4. The molecule has 0 aromatic rings. The number of imide groups is 1. The maximum Gasteiger partial charge on any atom is 0.263 e. The molecule has 0 unspecified atom stereocenters. The van der Waals surface area contributed by atoms with Crippen molar-refractivity contribution in [3.05, 3.63) is 12.8 Å². The molecule has 12 heavy (non-hydrogen) atoms. The highest BCUT2D eigenvalue weighted by atomic mass is 16.7. The summed E-state index contributed by atoms with van der Waals surface area (Å²) >= 11 is 0. The van der Waals surface area contributed by atoms with Gasteiger partial charge in [-0.15, -0.1) is 5.06 Å². The maximum atomic E-state index is 10.7. The molecule has 0 aromatic heterocycles. The third-order valence-corrected chi connectivity index (χ3v) is 1.19. The van der Waals surface area contributed by atoms with E-state index in [0.717, 1.165) is 11.3 Å². The molecule has 4 nitrogen and oxygen atoms in total. The highest BCUT2D eigenvalue weighted by molar-refractivity contribution is 6.00. The Bertz CT molecular complexity index is 173. The molecular formula is C8H13NO3. The van der Waals surface area contributed by atoms with Crippen molar-refractivity contribution in [1.82, 2.24) is 5.06 Å². The van der Waals surface area contributed by atoms with Gasteiger partial charge in [-0.2, -0.15) is 0 Å². The van der Waals surface area contributed by atoms with Gasteiger partial charge in [0.1, 0.15) is 6.26 Å². The monoisotopic (exact) mass is 171 g/mol. The van der Waals surface area contributed by atoms with Crippen molar-refractivity contribution in [1.29, 1.82) is 0 Å². The summed E-state index contributed by atoms with van der Waals surface area (Å²) in [7, 11) is 0. The molecule has 4 heteroatoms. The van der Waals surface area contributed by atoms with Gasteiger partial charge in [0.2, 0.25) is 0 Å². The number of carbonyl (C=O) groups excluding carboxylic acids is 2. The predicted molar refractivity (Wildman–Crippen MR) is 43.7 cm³/mol. The van der Waals surface area contributed by atoms with Gasteiger partial charge < -0.3 is 4.84 Å². The summed E-state index contributed by atoms with van der Waals surface area (Å²) in [6, 6.07) is 0. The summed E-state index contributed by atoms with van der Waals surface area (Å²) in [6.07, 6.45) is 1.54. The minimum absolute atomic E-state index is 0.243. The highest BCUT2D eigenvalue weighted by Gasteiger charge is 2.30. The van der Waals surface area contributed by atoms with E-state index in [1.807, 2.05) is 13.8 Å². The molecule has 0 N–H and O–H groups in total. The molecule has 0 aromatic carbocycles. The lowest BCUT2D eigenvalue weighted by Gasteiger charge is -2.08. The predicted octanol–water partition coefficient (Wildman–Crippen LogP) is 1.24. The third-order valence-electron chi connectivity index (χ3n) is 1.19. The van der Waals surface area contributed by atoms with E-state index in [9.17, 15) is 9.59 Å². The van der Waals surface area contributed by atoms with E-state index in [1.54, 1.807) is 0 Å². The number of hydroxylamine groups is 2. The second kappa shape index (κ2) is 5.35. The molecule has 2 amide bonds. The van der Waals surface area contributed by atoms with E-state index >= 15 is 0 Å². The van der Waals surface area contributed by atoms with Gasteiger partial charge in [0, 0.05) is 12.8 Å². The summed E-state index contributed by atoms with van der Waals surface area (Å²) in [5, 5.41) is 0.729. The van der Waals surface area contributed by atoms with Gasteiger partial charge in [-0.3, -0.25) is 9.59 Å². The first-order valence-electron chi connectivity index (χ1n) is 3.89. The molecule has 1 rings (SSSR count). The minimum atomic E-state index is -0.301. The van der Waals surface area contributed by atoms with E-state index in [0.29, 0.717) is 0 Å². The fourth-order valence-electron chi connectivity index (χ4n) is 0.748. The Hall–Kier alpha value is -1.32. The Morgan fingerprint density at radius 1 is 1.33 bits per heavy atom. The van der Waals surface area contributed by atoms with Crippen molar-refractivity contribution in [3.8, 4) is 0 Å². The van der Waals surface area contributed by atoms with Gasteiger partial charge >= 0.3 is 0 Å². The van der Waals surface area contributed by atoms with E-state index < -0.39 is 0 Å². The van der Waals surface area contributed by atoms with Crippen molar-refractivity contribution < 1.29 is 14.4 Å². The molecule has 0 radical (unpaired) electrons. The van der Waals surface area contributed by atoms with E-state index in [1.165, 1.54) is 0 Å². The lowest BCUT2D eigenvalue weighted by molar-refractivity contribution is -0.172. The molecule has 1 aliphatic heterocycles. The highest BCUT2D eigenvalue weighted by Crippen LogP contribution is 2.11. The summed E-state index contributed by atoms with van der Waals surface area (Å²) in [5.41, 5.74) is 0. The van der Waals surface area contributed by atoms with Crippen molar-refractivity contribution in [2.75, 3.05) is 0 Å². The molecule has 0 atom stereocenters. The van der Waals surface area contributed by atoms with Crippen molar-refractivity contribution >= 4 is 11.8 Å². The maximum absolute atomic E-state index is 10.7. The number of hydrogen-bond acceptors (Lipinski definition) is 3. The van der Waals surface area contributed by atoms with Crippen LogP contribution in [-0.2, 0) is 14.4 Å². The summed E-state index contributed by atoms with van der Waals surface area (Å²) in [5.74, 6) is -0.602. The van der Waals surface area contributed by atoms with Crippen LogP contribution in [0.4, 0.5) is 0 Å². The van der Waals surface area contributed by atoms with Crippen LogP contribution in [0.15, 0.2) is 12.8 Å². The normalized spacial score (nSPS) is 15.3. The smallest absolute Gasteiger partial charge is 0.263 e. The van der Waals surface area contributed by atoms with Gasteiger partial charge in [-0.25, -0.2) is 0 Å². The fourth-order valence-corrected chi connectivity index (χ4v) is 0.748. The van der Waals surface area contributed by atoms with Crippen LogP contribution in [0.3, 0.4) is 0 Å². The minimum Gasteiger partial charge on any atom is -0.378 e. The Morgan fingerprint density at radius 2 is 1.75 bits per heavy atom. The van der Waals surface area contributed by atoms with Crippen molar-refractivity contribution in [2.45, 2.75) is 26.7 Å². The molecule has 0 aliphatic carbocycles. The average molecular weight is 171 g/mol. The van der Waals surface area contributed by atoms with Gasteiger partial charge in [0.25, 0.3) is 11.8 Å². The van der Waals surface area contributed by atoms with Gasteiger partial charge in [-0.1, -0.05) is 20.4 Å². The van der Waals surface area contributed by atoms with Crippen LogP contribution in [0.2, 0.25) is 0 Å². The van der Waals surface area contributed by atoms with E-state index in [4.69, 9.17) is 0 Å². The molecule has 1 saturated heterocycles. The first kappa shape index (κ1) is 10.7. The van der Waals surface area contributed by atoms with E-state index in [2.05, 4.69) is 11.4 Å². The van der Waals surface area contributed by atoms with Crippen LogP contribution in [0.1, 0.15) is 26.7 Å². The Balaban J connectivity index is 0.000000561. The van der Waals surface area contributed by atoms with Gasteiger partial charge in [-0.05, 0) is 0 Å². The molecule has 1 aliphatic rings. The molecule has 1 fully saturated rings. The second-order valence-electron chi connectivity index (χ2n) is 1.85. The zero-order valence-electron chi connectivity index (χ0n) is 7.37. The van der Waals surface area contributed by atoms with Crippen LogP contribution < -0.4 is 0 Å². The van der Waals surface area contributed by atoms with Crippen LogP contribution in [0.5, 0.6) is 0 Å². The number of nitrogens with zero attached hydrogens (tertiary/aromatic N) is 1. The fraction of sp³-hybridized carbons (Fsp3) is 0.500. The quantitative estimate of drug-likeness (QED) is 0.464. The summed E-state index contributed by atoms with van der Waals surface area (Å²) < 4.78 is 0. The van der Waals surface area contributed by atoms with E-state index in [-0.39, 0.29) is 24.7 Å². The van der Waals surface area contributed by atoms with Gasteiger partial charge in [0.05, 0.1) is 0 Å². The molecule has 1 heterocycles. The standard InChI is InChI=1S/C6H7NO3.C2H6/c1-2-10-7-5(8)3-4-6(7)9;1-2/h2H,1,3-4H2;1-2H3. The van der Waals surface area contributed by atoms with Crippen LogP contribution in [-0.4, -0.2) is 16.9 Å². The molecular weight excluding hydrogens is 158 g/mol. The average Bonchev–Trinajstić information content (AvgIpc) is 2.40. The van der Waals surface area contributed by atoms with Crippen LogP contribution in [0.25, 0.3) is 0 Å². The summed E-state index contributed by atoms with van der Waals surface area (Å²) in [6.45, 7) is 7.22. The second-order valence-corrected chi connectivity index (χ2v) is 1.85. The Morgan fingerprint density at radius 3 is 2.08 bits per heavy atom. The number of rotatable bonds is 2. The Kier molecular flexibility index (Phi) is 4.76. The van der Waals surface area contributed by atoms with Crippen molar-refractivity contribution in [3.63, 3.8) is 0 Å². The summed E-state index contributed by atoms with van der Waals surface area (Å²) in [4.78, 5) is 25.9. The lowest BCUT2D eigenvalue weighted by Crippen LogP contribution is -2.26. The molecule has 0 spiro atoms. The largest absolute Gasteiger partial charge is 0.378 e. The first-order chi connectivity index (χ1) is 5.75. The molecule has 68 valence electrons. The number of hydrogen-bond donors (Lipinski definition) is 0.